The van der Waals surface area contributed by atoms with Crippen molar-refractivity contribution < 1.29 is 10.2 Å². The first kappa shape index (κ1) is 14.6. The average molecular weight is 314 g/mol. The summed E-state index contributed by atoms with van der Waals surface area (Å²) < 4.78 is 0. The van der Waals surface area contributed by atoms with Gasteiger partial charge in [-0.15, -0.1) is 0 Å². The summed E-state index contributed by atoms with van der Waals surface area (Å²) in [4.78, 5) is 0. The van der Waals surface area contributed by atoms with Crippen LogP contribution in [0.2, 0.25) is 0 Å². The third-order valence-corrected chi connectivity index (χ3v) is 4.64. The molecule has 0 amide bonds. The van der Waals surface area contributed by atoms with Gasteiger partial charge in [0.2, 0.25) is 0 Å². The lowest BCUT2D eigenvalue weighted by atomic mass is 9.88. The summed E-state index contributed by atoms with van der Waals surface area (Å²) in [6.45, 7) is 2.02. The van der Waals surface area contributed by atoms with Gasteiger partial charge in [0.1, 0.15) is 11.5 Å². The number of aromatic hydroxyl groups is 2. The second-order valence-corrected chi connectivity index (χ2v) is 6.24. The molecule has 0 spiro atoms. The van der Waals surface area contributed by atoms with E-state index in [-0.39, 0.29) is 11.7 Å². The van der Waals surface area contributed by atoms with Crippen LogP contribution in [0.3, 0.4) is 0 Å². The number of aryl methyl sites for hydroxylation is 1. The molecule has 0 aromatic heterocycles. The van der Waals surface area contributed by atoms with E-state index in [1.165, 1.54) is 10.8 Å². The van der Waals surface area contributed by atoms with Crippen molar-refractivity contribution in [3.05, 3.63) is 93.9 Å². The molecule has 0 radical (unpaired) electrons. The van der Waals surface area contributed by atoms with Gasteiger partial charge in [-0.3, -0.25) is 0 Å². The Morgan fingerprint density at radius 3 is 2.21 bits per heavy atom. The number of phenolic OH excluding ortho intramolecular Hbond substituents is 2. The summed E-state index contributed by atoms with van der Waals surface area (Å²) in [6, 6.07) is 21.3. The van der Waals surface area contributed by atoms with E-state index in [1.807, 2.05) is 43.3 Å². The highest BCUT2D eigenvalue weighted by atomic mass is 16.3. The molecule has 0 saturated heterocycles. The van der Waals surface area contributed by atoms with Crippen molar-refractivity contribution in [1.29, 1.82) is 0 Å². The summed E-state index contributed by atoms with van der Waals surface area (Å²) in [5.41, 5.74) is 4.53. The summed E-state index contributed by atoms with van der Waals surface area (Å²) in [6.07, 6.45) is 2.25. The van der Waals surface area contributed by atoms with Crippen molar-refractivity contribution in [3.8, 4) is 11.5 Å². The Labute approximate surface area is 140 Å². The minimum absolute atomic E-state index is 0.100. The SMILES string of the molecule is Cc1cc(O)cc2c1=CC(c1ccc(O)cc1)C=2c1ccccc1. The van der Waals surface area contributed by atoms with Crippen LogP contribution >= 0.6 is 0 Å². The lowest BCUT2D eigenvalue weighted by molar-refractivity contribution is 0.474. The smallest absolute Gasteiger partial charge is 0.116 e. The molecule has 0 fully saturated rings. The fourth-order valence-electron chi connectivity index (χ4n) is 3.54. The molecule has 0 aliphatic heterocycles. The van der Waals surface area contributed by atoms with Gasteiger partial charge in [-0.25, -0.2) is 0 Å². The van der Waals surface area contributed by atoms with Crippen molar-refractivity contribution in [1.82, 2.24) is 0 Å². The number of phenols is 2. The number of rotatable bonds is 2. The Bertz CT molecular complexity index is 1020. The van der Waals surface area contributed by atoms with Crippen LogP contribution in [0.1, 0.15) is 22.6 Å². The van der Waals surface area contributed by atoms with Crippen molar-refractivity contribution in [2.45, 2.75) is 12.8 Å². The maximum absolute atomic E-state index is 10.1. The van der Waals surface area contributed by atoms with E-state index in [4.69, 9.17) is 0 Å². The molecule has 1 aliphatic carbocycles. The summed E-state index contributed by atoms with van der Waals surface area (Å²) in [5.74, 6) is 0.660. The maximum atomic E-state index is 10.1. The molecule has 24 heavy (non-hydrogen) atoms. The summed E-state index contributed by atoms with van der Waals surface area (Å²) in [7, 11) is 0. The van der Waals surface area contributed by atoms with Crippen molar-refractivity contribution in [2.75, 3.05) is 0 Å². The molecule has 4 rings (SSSR count). The van der Waals surface area contributed by atoms with E-state index in [0.29, 0.717) is 5.75 Å². The second-order valence-electron chi connectivity index (χ2n) is 6.24. The van der Waals surface area contributed by atoms with Gasteiger partial charge in [-0.1, -0.05) is 48.5 Å². The first-order valence-corrected chi connectivity index (χ1v) is 8.03. The predicted molar refractivity (Wildman–Crippen MR) is 96.4 cm³/mol. The second kappa shape index (κ2) is 5.57. The average Bonchev–Trinajstić information content (AvgIpc) is 2.96. The lowest BCUT2D eigenvalue weighted by Gasteiger charge is -2.15. The number of fused-ring (bicyclic) bond motifs is 1. The molecule has 2 nitrogen and oxygen atoms in total. The molecular weight excluding hydrogens is 296 g/mol. The van der Waals surface area contributed by atoms with Crippen LogP contribution in [0.4, 0.5) is 0 Å². The molecule has 118 valence electrons. The highest BCUT2D eigenvalue weighted by Crippen LogP contribution is 2.34. The quantitative estimate of drug-likeness (QED) is 0.763. The molecule has 0 saturated carbocycles. The molecule has 2 N–H and O–H groups in total. The number of benzene rings is 3. The predicted octanol–water partition coefficient (Wildman–Crippen LogP) is 3.18. The Morgan fingerprint density at radius 1 is 0.792 bits per heavy atom. The monoisotopic (exact) mass is 314 g/mol. The van der Waals surface area contributed by atoms with Gasteiger partial charge in [-0.05, 0) is 63.9 Å². The highest BCUT2D eigenvalue weighted by Gasteiger charge is 2.22. The van der Waals surface area contributed by atoms with Crippen LogP contribution < -0.4 is 10.4 Å². The molecule has 0 heterocycles. The minimum atomic E-state index is 0.100. The Hall–Kier alpha value is -3.00. The topological polar surface area (TPSA) is 40.5 Å². The third kappa shape index (κ3) is 2.37. The normalized spacial score (nSPS) is 15.9. The van der Waals surface area contributed by atoms with Gasteiger partial charge in [0.05, 0.1) is 0 Å². The highest BCUT2D eigenvalue weighted by molar-refractivity contribution is 5.81. The van der Waals surface area contributed by atoms with Gasteiger partial charge in [0, 0.05) is 5.92 Å². The third-order valence-electron chi connectivity index (χ3n) is 4.64. The van der Waals surface area contributed by atoms with E-state index < -0.39 is 0 Å². The van der Waals surface area contributed by atoms with E-state index in [0.717, 1.165) is 21.9 Å². The van der Waals surface area contributed by atoms with Crippen LogP contribution in [0.15, 0.2) is 66.7 Å². The molecule has 2 heteroatoms. The molecular formula is C22H18O2. The van der Waals surface area contributed by atoms with Gasteiger partial charge in [0.25, 0.3) is 0 Å². The van der Waals surface area contributed by atoms with Gasteiger partial charge >= 0.3 is 0 Å². The van der Waals surface area contributed by atoms with Gasteiger partial charge < -0.3 is 10.2 Å². The molecule has 3 aromatic rings. The standard InChI is InChI=1S/C22H18O2/c1-14-11-18(24)12-21-19(14)13-20(15-7-9-17(23)10-8-15)22(21)16-5-3-2-4-6-16/h2-13,20,23-24H,1H3. The van der Waals surface area contributed by atoms with E-state index in [1.54, 1.807) is 18.2 Å². The van der Waals surface area contributed by atoms with Crippen LogP contribution in [0.5, 0.6) is 11.5 Å². The van der Waals surface area contributed by atoms with Gasteiger partial charge in [0.15, 0.2) is 0 Å². The molecule has 1 aliphatic rings. The summed E-state index contributed by atoms with van der Waals surface area (Å²) in [5, 5.41) is 21.9. The zero-order valence-electron chi connectivity index (χ0n) is 13.4. The zero-order valence-corrected chi connectivity index (χ0v) is 13.4. The fraction of sp³-hybridized carbons (Fsp3) is 0.0909. The molecule has 1 atom stereocenters. The zero-order chi connectivity index (χ0) is 16.7. The van der Waals surface area contributed by atoms with Gasteiger partial charge in [-0.2, -0.15) is 0 Å². The van der Waals surface area contributed by atoms with Crippen LogP contribution in [0.25, 0.3) is 11.6 Å². The van der Waals surface area contributed by atoms with E-state index in [9.17, 15) is 10.2 Å². The number of hydrogen-bond donors (Lipinski definition) is 2. The molecule has 0 bridgehead atoms. The lowest BCUT2D eigenvalue weighted by Crippen LogP contribution is -2.25. The van der Waals surface area contributed by atoms with Crippen LogP contribution in [-0.4, -0.2) is 10.2 Å². The largest absolute Gasteiger partial charge is 0.508 e. The van der Waals surface area contributed by atoms with E-state index in [2.05, 4.69) is 18.2 Å². The molecule has 3 aromatic carbocycles. The number of hydrogen-bond acceptors (Lipinski definition) is 2. The first-order chi connectivity index (χ1) is 11.6. The minimum Gasteiger partial charge on any atom is -0.508 e. The van der Waals surface area contributed by atoms with Crippen molar-refractivity contribution >= 4 is 11.6 Å². The first-order valence-electron chi connectivity index (χ1n) is 8.03. The van der Waals surface area contributed by atoms with Crippen molar-refractivity contribution in [2.24, 2.45) is 0 Å². The Balaban J connectivity index is 2.03. The Kier molecular flexibility index (Phi) is 3.39. The molecule has 1 unspecified atom stereocenters. The Morgan fingerprint density at radius 2 is 1.50 bits per heavy atom. The fourth-order valence-corrected chi connectivity index (χ4v) is 3.54. The summed E-state index contributed by atoms with van der Waals surface area (Å²) >= 11 is 0. The van der Waals surface area contributed by atoms with Crippen LogP contribution in [-0.2, 0) is 0 Å². The van der Waals surface area contributed by atoms with E-state index >= 15 is 0 Å². The van der Waals surface area contributed by atoms with Crippen molar-refractivity contribution in [3.63, 3.8) is 0 Å². The van der Waals surface area contributed by atoms with Crippen LogP contribution in [0, 0.1) is 6.92 Å². The maximum Gasteiger partial charge on any atom is 0.116 e.